The van der Waals surface area contributed by atoms with Gasteiger partial charge in [0.25, 0.3) is 5.91 Å². The van der Waals surface area contributed by atoms with Crippen LogP contribution in [0.5, 0.6) is 0 Å². The van der Waals surface area contributed by atoms with E-state index in [1.165, 1.54) is 0 Å². The molecule has 0 unspecified atom stereocenters. The maximum atomic E-state index is 13.1. The highest BCUT2D eigenvalue weighted by molar-refractivity contribution is 7.13. The number of rotatable bonds is 6. The SMILES string of the molecule is Cc1nc(CC(=O)Nc2cc(F)cc(F)c2)sc1C(=O)NCC(C)C. The maximum Gasteiger partial charge on any atom is 0.263 e. The van der Waals surface area contributed by atoms with Gasteiger partial charge in [-0.3, -0.25) is 9.59 Å². The number of aryl methyl sites for hydroxylation is 1. The van der Waals surface area contributed by atoms with Crippen molar-refractivity contribution in [3.8, 4) is 0 Å². The molecule has 8 heteroatoms. The molecule has 1 heterocycles. The largest absolute Gasteiger partial charge is 0.351 e. The van der Waals surface area contributed by atoms with Gasteiger partial charge in [-0.1, -0.05) is 13.8 Å². The van der Waals surface area contributed by atoms with Gasteiger partial charge >= 0.3 is 0 Å². The fraction of sp³-hybridized carbons (Fsp3) is 0.353. The Morgan fingerprint density at radius 3 is 2.44 bits per heavy atom. The summed E-state index contributed by atoms with van der Waals surface area (Å²) >= 11 is 1.13. The fourth-order valence-corrected chi connectivity index (χ4v) is 3.06. The lowest BCUT2D eigenvalue weighted by Gasteiger charge is -2.06. The number of carbonyl (C=O) groups is 2. The normalized spacial score (nSPS) is 10.8. The highest BCUT2D eigenvalue weighted by Gasteiger charge is 2.17. The van der Waals surface area contributed by atoms with Crippen LogP contribution in [0.4, 0.5) is 14.5 Å². The molecular weight excluding hydrogens is 348 g/mol. The number of amides is 2. The first-order valence-electron chi connectivity index (χ1n) is 7.75. The van der Waals surface area contributed by atoms with Crippen molar-refractivity contribution >= 4 is 28.8 Å². The number of carbonyl (C=O) groups excluding carboxylic acids is 2. The van der Waals surface area contributed by atoms with Gasteiger partial charge in [0.1, 0.15) is 21.5 Å². The van der Waals surface area contributed by atoms with E-state index in [0.29, 0.717) is 28.0 Å². The van der Waals surface area contributed by atoms with E-state index in [1.54, 1.807) is 6.92 Å². The van der Waals surface area contributed by atoms with Gasteiger partial charge in [-0.25, -0.2) is 13.8 Å². The van der Waals surface area contributed by atoms with E-state index in [1.807, 2.05) is 13.8 Å². The lowest BCUT2D eigenvalue weighted by atomic mass is 10.2. The van der Waals surface area contributed by atoms with Crippen molar-refractivity contribution in [1.82, 2.24) is 10.3 Å². The lowest BCUT2D eigenvalue weighted by molar-refractivity contribution is -0.115. The zero-order valence-corrected chi connectivity index (χ0v) is 15.0. The second-order valence-corrected chi connectivity index (χ2v) is 7.09. The molecule has 25 heavy (non-hydrogen) atoms. The molecule has 0 fully saturated rings. The average Bonchev–Trinajstić information content (AvgIpc) is 2.83. The third-order valence-corrected chi connectivity index (χ3v) is 4.33. The van der Waals surface area contributed by atoms with Gasteiger partial charge in [0.15, 0.2) is 0 Å². The zero-order valence-electron chi connectivity index (χ0n) is 14.2. The van der Waals surface area contributed by atoms with Crippen LogP contribution in [0.25, 0.3) is 0 Å². The van der Waals surface area contributed by atoms with Crippen LogP contribution in [-0.2, 0) is 11.2 Å². The molecule has 0 atom stereocenters. The Kier molecular flexibility index (Phi) is 6.19. The number of thiazole rings is 1. The summed E-state index contributed by atoms with van der Waals surface area (Å²) in [5, 5.41) is 5.68. The van der Waals surface area contributed by atoms with Gasteiger partial charge in [0.2, 0.25) is 5.91 Å². The summed E-state index contributed by atoms with van der Waals surface area (Å²) in [4.78, 5) is 28.8. The molecule has 0 aliphatic rings. The minimum absolute atomic E-state index is 0.0330. The molecule has 0 aliphatic heterocycles. The molecule has 0 aliphatic carbocycles. The van der Waals surface area contributed by atoms with Crippen LogP contribution < -0.4 is 10.6 Å². The molecule has 0 radical (unpaired) electrons. The van der Waals surface area contributed by atoms with Crippen LogP contribution >= 0.6 is 11.3 Å². The molecule has 0 saturated carbocycles. The fourth-order valence-electron chi connectivity index (χ4n) is 2.08. The summed E-state index contributed by atoms with van der Waals surface area (Å²) in [7, 11) is 0. The van der Waals surface area contributed by atoms with E-state index < -0.39 is 17.5 Å². The van der Waals surface area contributed by atoms with Crippen LogP contribution in [-0.4, -0.2) is 23.3 Å². The molecule has 0 spiro atoms. The monoisotopic (exact) mass is 367 g/mol. The Morgan fingerprint density at radius 2 is 1.84 bits per heavy atom. The Balaban J connectivity index is 2.01. The topological polar surface area (TPSA) is 71.1 Å². The highest BCUT2D eigenvalue weighted by atomic mass is 32.1. The standard InChI is InChI=1S/C17H19F2N3O2S/c1-9(2)8-20-17(24)16-10(3)21-15(25-16)7-14(23)22-13-5-11(18)4-12(19)6-13/h4-6,9H,7-8H2,1-3H3,(H,20,24)(H,22,23). The molecule has 1 aromatic heterocycles. The van der Waals surface area contributed by atoms with Gasteiger partial charge in [-0.15, -0.1) is 11.3 Å². The second-order valence-electron chi connectivity index (χ2n) is 6.01. The number of anilines is 1. The van der Waals surface area contributed by atoms with E-state index in [9.17, 15) is 18.4 Å². The van der Waals surface area contributed by atoms with Crippen molar-refractivity contribution in [2.45, 2.75) is 27.2 Å². The van der Waals surface area contributed by atoms with Crippen LogP contribution in [0.1, 0.15) is 34.2 Å². The Morgan fingerprint density at radius 1 is 1.20 bits per heavy atom. The quantitative estimate of drug-likeness (QED) is 0.823. The molecule has 2 amide bonds. The molecule has 0 saturated heterocycles. The first kappa shape index (κ1) is 19.0. The van der Waals surface area contributed by atoms with E-state index in [0.717, 1.165) is 29.5 Å². The van der Waals surface area contributed by atoms with Gasteiger partial charge in [0.05, 0.1) is 12.1 Å². The van der Waals surface area contributed by atoms with Crippen LogP contribution in [0.2, 0.25) is 0 Å². The van der Waals surface area contributed by atoms with Crippen molar-refractivity contribution in [2.24, 2.45) is 5.92 Å². The number of nitrogens with one attached hydrogen (secondary N) is 2. The third kappa shape index (κ3) is 5.60. The highest BCUT2D eigenvalue weighted by Crippen LogP contribution is 2.19. The number of hydrogen-bond acceptors (Lipinski definition) is 4. The van der Waals surface area contributed by atoms with Gasteiger partial charge in [-0.05, 0) is 25.0 Å². The van der Waals surface area contributed by atoms with Crippen LogP contribution in [0, 0.1) is 24.5 Å². The summed E-state index contributed by atoms with van der Waals surface area (Å²) in [6, 6.07) is 2.78. The first-order chi connectivity index (χ1) is 11.7. The Labute approximate surface area is 148 Å². The Hall–Kier alpha value is -2.35. The van der Waals surface area contributed by atoms with Crippen molar-refractivity contribution < 1.29 is 18.4 Å². The number of benzene rings is 1. The summed E-state index contributed by atoms with van der Waals surface area (Å²) in [5.41, 5.74) is 0.580. The van der Waals surface area contributed by atoms with Gasteiger partial charge in [0, 0.05) is 18.3 Å². The molecule has 5 nitrogen and oxygen atoms in total. The van der Waals surface area contributed by atoms with E-state index in [2.05, 4.69) is 15.6 Å². The lowest BCUT2D eigenvalue weighted by Crippen LogP contribution is -2.27. The van der Waals surface area contributed by atoms with E-state index in [4.69, 9.17) is 0 Å². The number of hydrogen-bond donors (Lipinski definition) is 2. The first-order valence-corrected chi connectivity index (χ1v) is 8.56. The van der Waals surface area contributed by atoms with Crippen LogP contribution in [0.15, 0.2) is 18.2 Å². The van der Waals surface area contributed by atoms with Crippen molar-refractivity contribution in [3.05, 3.63) is 45.4 Å². The predicted octanol–water partition coefficient (Wildman–Crippen LogP) is 3.30. The van der Waals surface area contributed by atoms with Crippen LogP contribution in [0.3, 0.4) is 0 Å². The maximum absolute atomic E-state index is 13.1. The summed E-state index contributed by atoms with van der Waals surface area (Å²) in [6.07, 6.45) is -0.0822. The molecule has 2 N–H and O–H groups in total. The minimum Gasteiger partial charge on any atom is -0.351 e. The molecular formula is C17H19F2N3O2S. The number of aromatic nitrogens is 1. The molecule has 2 aromatic rings. The van der Waals surface area contributed by atoms with Gasteiger partial charge in [-0.2, -0.15) is 0 Å². The smallest absolute Gasteiger partial charge is 0.263 e. The summed E-state index contributed by atoms with van der Waals surface area (Å²) < 4.78 is 26.3. The number of halogens is 2. The molecule has 2 rings (SSSR count). The third-order valence-electron chi connectivity index (χ3n) is 3.18. The van der Waals surface area contributed by atoms with Crippen molar-refractivity contribution in [2.75, 3.05) is 11.9 Å². The van der Waals surface area contributed by atoms with E-state index in [-0.39, 0.29) is 18.0 Å². The molecule has 1 aromatic carbocycles. The molecule has 134 valence electrons. The van der Waals surface area contributed by atoms with E-state index >= 15 is 0 Å². The van der Waals surface area contributed by atoms with Crippen molar-refractivity contribution in [1.29, 1.82) is 0 Å². The predicted molar refractivity (Wildman–Crippen MR) is 92.7 cm³/mol. The Bertz CT molecular complexity index is 770. The molecule has 0 bridgehead atoms. The minimum atomic E-state index is -0.774. The van der Waals surface area contributed by atoms with Crippen molar-refractivity contribution in [3.63, 3.8) is 0 Å². The summed E-state index contributed by atoms with van der Waals surface area (Å²) in [6.45, 7) is 6.23. The summed E-state index contributed by atoms with van der Waals surface area (Å²) in [5.74, 6) is -1.90. The van der Waals surface area contributed by atoms with Gasteiger partial charge < -0.3 is 10.6 Å². The zero-order chi connectivity index (χ0) is 18.6. The second kappa shape index (κ2) is 8.15. The number of nitrogens with zero attached hydrogens (tertiary/aromatic N) is 1. The average molecular weight is 367 g/mol.